The molecule has 1 atom stereocenters. The number of likely N-dealkylation sites (tertiary alicyclic amines) is 1. The van der Waals surface area contributed by atoms with Crippen molar-refractivity contribution in [2.45, 2.75) is 45.4 Å². The first kappa shape index (κ1) is 20.4. The maximum Gasteiger partial charge on any atom is 0.261 e. The van der Waals surface area contributed by atoms with Crippen LogP contribution < -0.4 is 10.1 Å². The van der Waals surface area contributed by atoms with E-state index in [9.17, 15) is 4.79 Å². The highest BCUT2D eigenvalue weighted by Gasteiger charge is 2.18. The molecule has 3 aromatic rings. The number of amides is 1. The maximum absolute atomic E-state index is 12.7. The van der Waals surface area contributed by atoms with E-state index in [4.69, 9.17) is 4.74 Å². The van der Waals surface area contributed by atoms with Crippen molar-refractivity contribution in [2.75, 3.05) is 13.1 Å². The number of rotatable bonds is 8. The highest BCUT2D eigenvalue weighted by molar-refractivity contribution is 5.84. The van der Waals surface area contributed by atoms with E-state index in [1.807, 2.05) is 37.3 Å². The molecule has 156 valence electrons. The van der Waals surface area contributed by atoms with Gasteiger partial charge in [0.25, 0.3) is 5.91 Å². The second-order valence-corrected chi connectivity index (χ2v) is 8.04. The molecular weight excluding hydrogens is 372 g/mol. The molecule has 1 amide bonds. The van der Waals surface area contributed by atoms with Crippen LogP contribution in [0.2, 0.25) is 0 Å². The predicted molar refractivity (Wildman–Crippen MR) is 121 cm³/mol. The Morgan fingerprint density at radius 2 is 1.67 bits per heavy atom. The van der Waals surface area contributed by atoms with Crippen molar-refractivity contribution in [3.05, 3.63) is 77.9 Å². The molecule has 3 aromatic carbocycles. The van der Waals surface area contributed by atoms with Crippen molar-refractivity contribution in [1.82, 2.24) is 10.2 Å². The van der Waals surface area contributed by atoms with Crippen molar-refractivity contribution in [2.24, 2.45) is 0 Å². The summed E-state index contributed by atoms with van der Waals surface area (Å²) in [6, 6.07) is 22.6. The second kappa shape index (κ2) is 9.77. The van der Waals surface area contributed by atoms with Gasteiger partial charge in [-0.25, -0.2) is 0 Å². The van der Waals surface area contributed by atoms with Crippen molar-refractivity contribution in [3.63, 3.8) is 0 Å². The zero-order valence-corrected chi connectivity index (χ0v) is 17.6. The third-order valence-electron chi connectivity index (χ3n) is 5.76. The summed E-state index contributed by atoms with van der Waals surface area (Å²) in [5, 5.41) is 5.30. The van der Waals surface area contributed by atoms with Crippen molar-refractivity contribution < 1.29 is 9.53 Å². The van der Waals surface area contributed by atoms with Crippen molar-refractivity contribution in [3.8, 4) is 5.75 Å². The van der Waals surface area contributed by atoms with Crippen LogP contribution in [0.15, 0.2) is 66.7 Å². The topological polar surface area (TPSA) is 41.6 Å². The Morgan fingerprint density at radius 3 is 2.40 bits per heavy atom. The maximum atomic E-state index is 12.7. The van der Waals surface area contributed by atoms with Gasteiger partial charge >= 0.3 is 0 Å². The Kier molecular flexibility index (Phi) is 6.65. The zero-order chi connectivity index (χ0) is 20.8. The number of carbonyl (C=O) groups excluding carboxylic acids is 1. The van der Waals surface area contributed by atoms with Crippen molar-refractivity contribution in [1.29, 1.82) is 0 Å². The number of hydrogen-bond donors (Lipinski definition) is 1. The number of hydrogen-bond acceptors (Lipinski definition) is 3. The lowest BCUT2D eigenvalue weighted by Crippen LogP contribution is -2.37. The molecule has 0 aromatic heterocycles. The van der Waals surface area contributed by atoms with Gasteiger partial charge in [-0.1, -0.05) is 61.5 Å². The van der Waals surface area contributed by atoms with E-state index in [1.165, 1.54) is 31.5 Å². The van der Waals surface area contributed by atoms with Gasteiger partial charge in [0.2, 0.25) is 0 Å². The van der Waals surface area contributed by atoms with E-state index in [0.29, 0.717) is 13.0 Å². The molecular formula is C26H30N2O2. The molecule has 0 bridgehead atoms. The van der Waals surface area contributed by atoms with E-state index >= 15 is 0 Å². The minimum absolute atomic E-state index is 0.0770. The molecule has 0 unspecified atom stereocenters. The standard InChI is InChI=1S/C26H30N2O2/c1-2-25(30-24-14-13-22-7-3-4-8-23(22)17-24)26(29)27-18-20-9-11-21(12-10-20)19-28-15-5-6-16-28/h3-4,7-14,17,25H,2,5-6,15-16,18-19H2,1H3,(H,27,29)/t25-/m1/s1. The molecule has 1 fully saturated rings. The van der Waals surface area contributed by atoms with Crippen LogP contribution in [-0.4, -0.2) is 30.0 Å². The van der Waals surface area contributed by atoms with Gasteiger partial charge in [0.15, 0.2) is 6.10 Å². The summed E-state index contributed by atoms with van der Waals surface area (Å²) in [7, 11) is 0. The smallest absolute Gasteiger partial charge is 0.261 e. The fourth-order valence-corrected chi connectivity index (χ4v) is 3.99. The fraction of sp³-hybridized carbons (Fsp3) is 0.346. The quantitative estimate of drug-likeness (QED) is 0.582. The normalized spacial score (nSPS) is 15.2. The van der Waals surface area contributed by atoms with E-state index in [2.05, 4.69) is 46.6 Å². The SMILES string of the molecule is CC[C@@H](Oc1ccc2ccccc2c1)C(=O)NCc1ccc(CN2CCCC2)cc1. The van der Waals surface area contributed by atoms with Gasteiger partial charge in [-0.3, -0.25) is 9.69 Å². The van der Waals surface area contributed by atoms with Crippen LogP contribution in [0, 0.1) is 0 Å². The summed E-state index contributed by atoms with van der Waals surface area (Å²) < 4.78 is 6.00. The van der Waals surface area contributed by atoms with Crippen LogP contribution in [-0.2, 0) is 17.9 Å². The largest absolute Gasteiger partial charge is 0.481 e. The van der Waals surface area contributed by atoms with Gasteiger partial charge in [-0.15, -0.1) is 0 Å². The molecule has 4 nitrogen and oxygen atoms in total. The first-order chi connectivity index (χ1) is 14.7. The van der Waals surface area contributed by atoms with E-state index in [1.54, 1.807) is 0 Å². The van der Waals surface area contributed by atoms with Gasteiger partial charge in [-0.05, 0) is 66.4 Å². The predicted octanol–water partition coefficient (Wildman–Crippen LogP) is 4.91. The Labute approximate surface area is 178 Å². The highest BCUT2D eigenvalue weighted by Crippen LogP contribution is 2.22. The summed E-state index contributed by atoms with van der Waals surface area (Å²) in [6.07, 6.45) is 2.74. The molecule has 0 radical (unpaired) electrons. The van der Waals surface area contributed by atoms with E-state index in [0.717, 1.165) is 28.6 Å². The molecule has 4 rings (SSSR count). The van der Waals surface area contributed by atoms with Crippen molar-refractivity contribution >= 4 is 16.7 Å². The molecule has 1 saturated heterocycles. The zero-order valence-electron chi connectivity index (χ0n) is 17.6. The molecule has 1 N–H and O–H groups in total. The second-order valence-electron chi connectivity index (χ2n) is 8.04. The summed E-state index contributed by atoms with van der Waals surface area (Å²) in [5.41, 5.74) is 2.44. The van der Waals surface area contributed by atoms with Crippen LogP contribution in [0.4, 0.5) is 0 Å². The molecule has 1 aliphatic heterocycles. The average Bonchev–Trinajstić information content (AvgIpc) is 3.29. The van der Waals surface area contributed by atoms with Gasteiger partial charge < -0.3 is 10.1 Å². The Hall–Kier alpha value is -2.85. The summed E-state index contributed by atoms with van der Waals surface area (Å²) in [4.78, 5) is 15.2. The number of carbonyl (C=O) groups is 1. The van der Waals surface area contributed by atoms with Crippen LogP contribution in [0.25, 0.3) is 10.8 Å². The first-order valence-electron chi connectivity index (χ1n) is 10.9. The summed E-state index contributed by atoms with van der Waals surface area (Å²) in [6.45, 7) is 5.91. The minimum atomic E-state index is -0.499. The fourth-order valence-electron chi connectivity index (χ4n) is 3.99. The monoisotopic (exact) mass is 402 g/mol. The average molecular weight is 403 g/mol. The van der Waals surface area contributed by atoms with Crippen LogP contribution in [0.1, 0.15) is 37.3 Å². The van der Waals surface area contributed by atoms with E-state index in [-0.39, 0.29) is 5.91 Å². The summed E-state index contributed by atoms with van der Waals surface area (Å²) in [5.74, 6) is 0.647. The lowest BCUT2D eigenvalue weighted by molar-refractivity contribution is -0.128. The molecule has 1 heterocycles. The molecule has 0 aliphatic carbocycles. The van der Waals surface area contributed by atoms with Gasteiger partial charge in [0.05, 0.1) is 0 Å². The first-order valence-corrected chi connectivity index (χ1v) is 10.9. The summed E-state index contributed by atoms with van der Waals surface area (Å²) >= 11 is 0. The minimum Gasteiger partial charge on any atom is -0.481 e. The number of benzene rings is 3. The lowest BCUT2D eigenvalue weighted by atomic mass is 10.1. The molecule has 30 heavy (non-hydrogen) atoms. The molecule has 0 spiro atoms. The van der Waals surface area contributed by atoms with Crippen LogP contribution >= 0.6 is 0 Å². The van der Waals surface area contributed by atoms with Gasteiger partial charge in [0.1, 0.15) is 5.75 Å². The number of fused-ring (bicyclic) bond motifs is 1. The number of ether oxygens (including phenoxy) is 1. The molecule has 4 heteroatoms. The number of nitrogens with zero attached hydrogens (tertiary/aromatic N) is 1. The molecule has 0 saturated carbocycles. The Morgan fingerprint density at radius 1 is 0.967 bits per heavy atom. The van der Waals surface area contributed by atoms with Crippen LogP contribution in [0.3, 0.4) is 0 Å². The highest BCUT2D eigenvalue weighted by atomic mass is 16.5. The molecule has 1 aliphatic rings. The van der Waals surface area contributed by atoms with E-state index < -0.39 is 6.10 Å². The number of nitrogens with one attached hydrogen (secondary N) is 1. The lowest BCUT2D eigenvalue weighted by Gasteiger charge is -2.18. The Balaban J connectivity index is 1.31. The third-order valence-corrected chi connectivity index (χ3v) is 5.76. The van der Waals surface area contributed by atoms with Gasteiger partial charge in [-0.2, -0.15) is 0 Å². The van der Waals surface area contributed by atoms with Crippen LogP contribution in [0.5, 0.6) is 5.75 Å². The Bertz CT molecular complexity index is 978. The third kappa shape index (κ3) is 5.19. The van der Waals surface area contributed by atoms with Gasteiger partial charge in [0, 0.05) is 13.1 Å².